The number of allylic oxidation sites excluding steroid dienone is 1. The first kappa shape index (κ1) is 10.7. The van der Waals surface area contributed by atoms with Gasteiger partial charge in [-0.25, -0.2) is 0 Å². The summed E-state index contributed by atoms with van der Waals surface area (Å²) in [5.74, 6) is 0.556. The van der Waals surface area contributed by atoms with Gasteiger partial charge in [0.15, 0.2) is 0 Å². The quantitative estimate of drug-likeness (QED) is 0.369. The van der Waals surface area contributed by atoms with Gasteiger partial charge in [0.2, 0.25) is 0 Å². The number of hydrogen-bond donors (Lipinski definition) is 2. The van der Waals surface area contributed by atoms with E-state index in [9.17, 15) is 4.79 Å². The maximum absolute atomic E-state index is 10.3. The summed E-state index contributed by atoms with van der Waals surface area (Å²) in [6.07, 6.45) is 2.92. The first-order valence-electron chi connectivity index (χ1n) is 3.63. The molecule has 1 N–H and O–H groups in total. The van der Waals surface area contributed by atoms with E-state index in [4.69, 9.17) is 0 Å². The summed E-state index contributed by atoms with van der Waals surface area (Å²) in [4.78, 5) is 10.3. The van der Waals surface area contributed by atoms with Crippen LogP contribution >= 0.6 is 12.6 Å². The van der Waals surface area contributed by atoms with Gasteiger partial charge in [-0.1, -0.05) is 11.6 Å². The third-order valence-electron chi connectivity index (χ3n) is 1.25. The minimum atomic E-state index is -0.117. The van der Waals surface area contributed by atoms with Crippen LogP contribution < -0.4 is 5.32 Å². The number of thiol groups is 1. The smallest absolute Gasteiger partial charge is 0.137 e. The van der Waals surface area contributed by atoms with Crippen LogP contribution in [0, 0.1) is 0 Å². The summed E-state index contributed by atoms with van der Waals surface area (Å²) in [7, 11) is 0. The van der Waals surface area contributed by atoms with Crippen molar-refractivity contribution < 1.29 is 4.79 Å². The van der Waals surface area contributed by atoms with Crippen LogP contribution in [0.3, 0.4) is 0 Å². The highest BCUT2D eigenvalue weighted by molar-refractivity contribution is 7.80. The van der Waals surface area contributed by atoms with Gasteiger partial charge in [-0.3, -0.25) is 0 Å². The second-order valence-electron chi connectivity index (χ2n) is 2.61. The lowest BCUT2D eigenvalue weighted by Crippen LogP contribution is -2.32. The Morgan fingerprint density at radius 1 is 1.64 bits per heavy atom. The number of rotatable bonds is 5. The molecule has 0 rings (SSSR count). The highest BCUT2D eigenvalue weighted by Crippen LogP contribution is 1.87. The van der Waals surface area contributed by atoms with Crippen molar-refractivity contribution in [3.63, 3.8) is 0 Å². The van der Waals surface area contributed by atoms with Crippen LogP contribution in [0.25, 0.3) is 0 Å². The summed E-state index contributed by atoms with van der Waals surface area (Å²) < 4.78 is 0. The monoisotopic (exact) mass is 173 g/mol. The molecule has 0 unspecified atom stereocenters. The molecule has 0 heterocycles. The van der Waals surface area contributed by atoms with Crippen molar-refractivity contribution in [1.29, 1.82) is 0 Å². The molecule has 0 radical (unpaired) electrons. The molecule has 0 spiro atoms. The van der Waals surface area contributed by atoms with Crippen molar-refractivity contribution in [2.24, 2.45) is 0 Å². The maximum atomic E-state index is 10.3. The van der Waals surface area contributed by atoms with Gasteiger partial charge < -0.3 is 10.1 Å². The zero-order valence-corrected chi connectivity index (χ0v) is 7.90. The lowest BCUT2D eigenvalue weighted by Gasteiger charge is -2.06. The Hall–Kier alpha value is -0.280. The summed E-state index contributed by atoms with van der Waals surface area (Å²) in [6.45, 7) is 4.79. The maximum Gasteiger partial charge on any atom is 0.137 e. The van der Waals surface area contributed by atoms with E-state index >= 15 is 0 Å². The van der Waals surface area contributed by atoms with Gasteiger partial charge in [0, 0.05) is 12.3 Å². The molecule has 0 amide bonds. The third-order valence-corrected chi connectivity index (χ3v) is 1.64. The standard InChI is InChI=1S/C8H15NOS/c1-7(2)3-4-9-8(5-10)6-11/h3,5,8-9,11H,4,6H2,1-2H3/t8-/m0/s1. The van der Waals surface area contributed by atoms with Crippen LogP contribution in [0.1, 0.15) is 13.8 Å². The topological polar surface area (TPSA) is 29.1 Å². The molecule has 0 aromatic heterocycles. The minimum Gasteiger partial charge on any atom is -0.304 e. The van der Waals surface area contributed by atoms with Gasteiger partial charge in [-0.15, -0.1) is 0 Å². The van der Waals surface area contributed by atoms with E-state index in [1.54, 1.807) is 0 Å². The lowest BCUT2D eigenvalue weighted by molar-refractivity contribution is -0.109. The molecule has 0 aromatic carbocycles. The number of aldehydes is 1. The van der Waals surface area contributed by atoms with Crippen molar-refractivity contribution >= 4 is 18.9 Å². The molecule has 0 saturated heterocycles. The average molecular weight is 173 g/mol. The van der Waals surface area contributed by atoms with Crippen molar-refractivity contribution in [3.8, 4) is 0 Å². The zero-order chi connectivity index (χ0) is 8.69. The molecular weight excluding hydrogens is 158 g/mol. The second kappa shape index (κ2) is 6.43. The Bertz CT molecular complexity index is 141. The third kappa shape index (κ3) is 6.13. The molecule has 11 heavy (non-hydrogen) atoms. The van der Waals surface area contributed by atoms with Crippen LogP contribution in [0.4, 0.5) is 0 Å². The Balaban J connectivity index is 3.51. The van der Waals surface area contributed by atoms with Gasteiger partial charge in [0.05, 0.1) is 6.04 Å². The first-order chi connectivity index (χ1) is 5.20. The summed E-state index contributed by atoms with van der Waals surface area (Å²) >= 11 is 4.01. The summed E-state index contributed by atoms with van der Waals surface area (Å²) in [5.41, 5.74) is 1.25. The molecule has 3 heteroatoms. The van der Waals surface area contributed by atoms with Gasteiger partial charge >= 0.3 is 0 Å². The molecule has 0 fully saturated rings. The van der Waals surface area contributed by atoms with E-state index in [0.717, 1.165) is 12.8 Å². The van der Waals surface area contributed by atoms with Crippen LogP contribution in [0.15, 0.2) is 11.6 Å². The highest BCUT2D eigenvalue weighted by atomic mass is 32.1. The molecular formula is C8H15NOS. The predicted molar refractivity (Wildman–Crippen MR) is 51.1 cm³/mol. The van der Waals surface area contributed by atoms with E-state index in [-0.39, 0.29) is 6.04 Å². The van der Waals surface area contributed by atoms with Crippen molar-refractivity contribution in [1.82, 2.24) is 5.32 Å². The molecule has 0 aliphatic carbocycles. The molecule has 0 aliphatic heterocycles. The average Bonchev–Trinajstić information content (AvgIpc) is 1.98. The molecule has 0 aliphatic rings. The Labute approximate surface area is 73.5 Å². The Morgan fingerprint density at radius 2 is 2.27 bits per heavy atom. The number of nitrogens with one attached hydrogen (secondary N) is 1. The van der Waals surface area contributed by atoms with Gasteiger partial charge in [0.1, 0.15) is 6.29 Å². The largest absolute Gasteiger partial charge is 0.304 e. The normalized spacial score (nSPS) is 12.3. The van der Waals surface area contributed by atoms with E-state index in [0.29, 0.717) is 5.75 Å². The molecule has 0 saturated carbocycles. The van der Waals surface area contributed by atoms with Crippen LogP contribution in [0.2, 0.25) is 0 Å². The zero-order valence-electron chi connectivity index (χ0n) is 7.00. The fourth-order valence-electron chi connectivity index (χ4n) is 0.570. The molecule has 1 atom stereocenters. The Morgan fingerprint density at radius 3 is 2.64 bits per heavy atom. The number of carbonyl (C=O) groups is 1. The van der Waals surface area contributed by atoms with Crippen molar-refractivity contribution in [2.75, 3.05) is 12.3 Å². The fraction of sp³-hybridized carbons (Fsp3) is 0.625. The summed E-state index contributed by atoms with van der Waals surface area (Å²) in [5, 5.41) is 3.03. The van der Waals surface area contributed by atoms with Crippen molar-refractivity contribution in [2.45, 2.75) is 19.9 Å². The molecule has 2 nitrogen and oxygen atoms in total. The van der Waals surface area contributed by atoms with Gasteiger partial charge in [0.25, 0.3) is 0 Å². The fourth-order valence-corrected chi connectivity index (χ4v) is 0.785. The SMILES string of the molecule is CC(C)=CCN[C@@H](C=O)CS. The number of hydrogen-bond acceptors (Lipinski definition) is 3. The van der Waals surface area contributed by atoms with Crippen LogP contribution in [-0.4, -0.2) is 24.6 Å². The highest BCUT2D eigenvalue weighted by Gasteiger charge is 1.99. The van der Waals surface area contributed by atoms with E-state index < -0.39 is 0 Å². The van der Waals surface area contributed by atoms with Crippen molar-refractivity contribution in [3.05, 3.63) is 11.6 Å². The number of carbonyl (C=O) groups excluding carboxylic acids is 1. The summed E-state index contributed by atoms with van der Waals surface area (Å²) in [6, 6.07) is -0.117. The minimum absolute atomic E-state index is 0.117. The predicted octanol–water partition coefficient (Wildman–Crippen LogP) is 1.04. The molecule has 0 bridgehead atoms. The lowest BCUT2D eigenvalue weighted by atomic mass is 10.3. The van der Waals surface area contributed by atoms with Crippen LogP contribution in [0.5, 0.6) is 0 Å². The van der Waals surface area contributed by atoms with E-state index in [2.05, 4.69) is 17.9 Å². The van der Waals surface area contributed by atoms with E-state index in [1.165, 1.54) is 5.57 Å². The van der Waals surface area contributed by atoms with Gasteiger partial charge in [-0.2, -0.15) is 12.6 Å². The molecule has 0 aromatic rings. The molecule has 64 valence electrons. The van der Waals surface area contributed by atoms with Gasteiger partial charge in [-0.05, 0) is 13.8 Å². The first-order valence-corrected chi connectivity index (χ1v) is 4.27. The van der Waals surface area contributed by atoms with E-state index in [1.807, 2.05) is 19.9 Å². The Kier molecular flexibility index (Phi) is 6.27. The second-order valence-corrected chi connectivity index (χ2v) is 2.98. The van der Waals surface area contributed by atoms with Crippen LogP contribution in [-0.2, 0) is 4.79 Å².